The first kappa shape index (κ1) is 32.6. The summed E-state index contributed by atoms with van der Waals surface area (Å²) in [6.07, 6.45) is 1.78. The number of nitrogens with zero attached hydrogens (tertiary/aromatic N) is 2. The number of ether oxygens (including phenoxy) is 5. The van der Waals surface area contributed by atoms with Gasteiger partial charge in [0.2, 0.25) is 0 Å². The molecule has 45 heavy (non-hydrogen) atoms. The third-order valence-electron chi connectivity index (χ3n) is 7.12. The number of aromatic nitrogens is 1. The third-order valence-corrected chi connectivity index (χ3v) is 9.27. The molecule has 0 N–H and O–H groups in total. The molecule has 0 unspecified atom stereocenters. The van der Waals surface area contributed by atoms with E-state index in [0.29, 0.717) is 48.6 Å². The Kier molecular flexibility index (Phi) is 10.2. The molecule has 0 fully saturated rings. The van der Waals surface area contributed by atoms with Crippen LogP contribution in [0.4, 0.5) is 0 Å². The van der Waals surface area contributed by atoms with Crippen molar-refractivity contribution in [2.75, 3.05) is 27.9 Å². The van der Waals surface area contributed by atoms with Gasteiger partial charge in [-0.25, -0.2) is 9.79 Å². The molecule has 2 heterocycles. The van der Waals surface area contributed by atoms with Gasteiger partial charge in [0.1, 0.15) is 6.61 Å². The molecule has 1 aromatic heterocycles. The second kappa shape index (κ2) is 14.1. The van der Waals surface area contributed by atoms with E-state index in [0.717, 1.165) is 14.7 Å². The molecule has 0 spiro atoms. The molecule has 0 saturated heterocycles. The number of hydrogen-bond acceptors (Lipinski definition) is 9. The predicted molar refractivity (Wildman–Crippen MR) is 181 cm³/mol. The summed E-state index contributed by atoms with van der Waals surface area (Å²) in [7, 11) is 4.64. The zero-order valence-corrected chi connectivity index (χ0v) is 28.9. The number of allylic oxidation sites excluding steroid dienone is 1. The maximum Gasteiger partial charge on any atom is 0.338 e. The summed E-state index contributed by atoms with van der Waals surface area (Å²) < 4.78 is 30.9. The van der Waals surface area contributed by atoms with E-state index < -0.39 is 12.0 Å². The van der Waals surface area contributed by atoms with Crippen LogP contribution in [0.2, 0.25) is 5.02 Å². The zero-order valence-electron chi connectivity index (χ0n) is 25.2. The molecular weight excluding hydrogens is 731 g/mol. The van der Waals surface area contributed by atoms with Gasteiger partial charge in [-0.15, -0.1) is 0 Å². The number of thiazole rings is 1. The lowest BCUT2D eigenvalue weighted by atomic mass is 9.95. The van der Waals surface area contributed by atoms with Crippen molar-refractivity contribution in [1.82, 2.24) is 4.57 Å². The van der Waals surface area contributed by atoms with Gasteiger partial charge in [-0.3, -0.25) is 9.36 Å². The quantitative estimate of drug-likeness (QED) is 0.152. The molecule has 0 aliphatic carbocycles. The monoisotopic (exact) mass is 760 g/mol. The molecule has 234 valence electrons. The van der Waals surface area contributed by atoms with Gasteiger partial charge >= 0.3 is 5.97 Å². The van der Waals surface area contributed by atoms with Crippen molar-refractivity contribution < 1.29 is 28.5 Å². The fourth-order valence-corrected chi connectivity index (χ4v) is 7.03. The number of rotatable bonds is 10. The van der Waals surface area contributed by atoms with Gasteiger partial charge in [0, 0.05) is 10.6 Å². The van der Waals surface area contributed by atoms with Crippen LogP contribution >= 0.6 is 45.5 Å². The topological polar surface area (TPSA) is 97.6 Å². The van der Waals surface area contributed by atoms with Gasteiger partial charge in [-0.2, -0.15) is 0 Å². The number of carbonyl (C=O) groups excluding carboxylic acids is 1. The van der Waals surface area contributed by atoms with E-state index in [9.17, 15) is 9.59 Å². The van der Waals surface area contributed by atoms with Crippen LogP contribution in [0.3, 0.4) is 0 Å². The van der Waals surface area contributed by atoms with E-state index in [2.05, 4.69) is 27.6 Å². The SMILES string of the molecule is CCOC(=O)C1=C(C)N=c2s/c(=C\c3cc(I)c(OCc4ccccc4Cl)c(OC)c3)c(=O)n2[C@@H]1c1ccc(OC)c(OC)c1. The molecule has 3 aromatic carbocycles. The number of hydrogen-bond donors (Lipinski definition) is 0. The average Bonchev–Trinajstić information content (AvgIpc) is 3.33. The Morgan fingerprint density at radius 1 is 1.04 bits per heavy atom. The molecule has 0 saturated carbocycles. The van der Waals surface area contributed by atoms with Crippen molar-refractivity contribution in [1.29, 1.82) is 0 Å². The van der Waals surface area contributed by atoms with Crippen molar-refractivity contribution in [2.45, 2.75) is 26.5 Å². The Morgan fingerprint density at radius 2 is 1.78 bits per heavy atom. The Bertz CT molecular complexity index is 1990. The van der Waals surface area contributed by atoms with Gasteiger partial charge in [0.25, 0.3) is 5.56 Å². The van der Waals surface area contributed by atoms with Gasteiger partial charge in [-0.1, -0.05) is 47.2 Å². The Hall–Kier alpha value is -3.81. The smallest absolute Gasteiger partial charge is 0.338 e. The first-order valence-electron chi connectivity index (χ1n) is 13.9. The van der Waals surface area contributed by atoms with Gasteiger partial charge in [-0.05, 0) is 84.0 Å². The molecule has 0 amide bonds. The Balaban J connectivity index is 1.60. The number of fused-ring (bicyclic) bond motifs is 1. The van der Waals surface area contributed by atoms with E-state index in [1.165, 1.54) is 23.0 Å². The van der Waals surface area contributed by atoms with Crippen LogP contribution in [0.25, 0.3) is 6.08 Å². The van der Waals surface area contributed by atoms with Crippen LogP contribution in [0.5, 0.6) is 23.0 Å². The minimum atomic E-state index is -0.794. The van der Waals surface area contributed by atoms with Crippen LogP contribution < -0.4 is 33.8 Å². The number of benzene rings is 3. The highest BCUT2D eigenvalue weighted by atomic mass is 127. The summed E-state index contributed by atoms with van der Waals surface area (Å²) in [5.41, 5.74) is 2.67. The largest absolute Gasteiger partial charge is 0.493 e. The van der Waals surface area contributed by atoms with E-state index in [1.54, 1.807) is 52.3 Å². The molecule has 1 aliphatic rings. The first-order valence-corrected chi connectivity index (χ1v) is 16.1. The fraction of sp³-hybridized carbons (Fsp3) is 0.242. The van der Waals surface area contributed by atoms with Crippen molar-refractivity contribution in [3.8, 4) is 23.0 Å². The highest BCUT2D eigenvalue weighted by molar-refractivity contribution is 14.1. The zero-order chi connectivity index (χ0) is 32.2. The van der Waals surface area contributed by atoms with Crippen molar-refractivity contribution in [2.24, 2.45) is 4.99 Å². The number of methoxy groups -OCH3 is 3. The maximum absolute atomic E-state index is 14.1. The minimum absolute atomic E-state index is 0.178. The molecular formula is C33H30ClIN2O7S. The maximum atomic E-state index is 14.1. The lowest BCUT2D eigenvalue weighted by Crippen LogP contribution is -2.40. The van der Waals surface area contributed by atoms with E-state index in [-0.39, 0.29) is 24.3 Å². The molecule has 1 atom stereocenters. The normalized spacial score (nSPS) is 14.5. The summed E-state index contributed by atoms with van der Waals surface area (Å²) >= 11 is 9.72. The summed E-state index contributed by atoms with van der Waals surface area (Å²) in [4.78, 5) is 32.4. The third kappa shape index (κ3) is 6.61. The lowest BCUT2D eigenvalue weighted by Gasteiger charge is -2.25. The number of esters is 1. The number of carbonyl (C=O) groups is 1. The van der Waals surface area contributed by atoms with Gasteiger partial charge in [0.05, 0.1) is 53.4 Å². The second-order valence-corrected chi connectivity index (χ2v) is 12.4. The summed E-state index contributed by atoms with van der Waals surface area (Å²) in [5.74, 6) is 1.53. The lowest BCUT2D eigenvalue weighted by molar-refractivity contribution is -0.139. The summed E-state index contributed by atoms with van der Waals surface area (Å²) in [6, 6.07) is 15.7. The van der Waals surface area contributed by atoms with Gasteiger partial charge in [0.15, 0.2) is 27.8 Å². The Morgan fingerprint density at radius 3 is 2.47 bits per heavy atom. The van der Waals surface area contributed by atoms with Crippen molar-refractivity contribution in [3.05, 3.63) is 111 Å². The van der Waals surface area contributed by atoms with Crippen LogP contribution in [0.1, 0.15) is 36.6 Å². The predicted octanol–water partition coefficient (Wildman–Crippen LogP) is 5.66. The van der Waals surface area contributed by atoms with Crippen molar-refractivity contribution >= 4 is 57.6 Å². The van der Waals surface area contributed by atoms with Crippen LogP contribution in [0, 0.1) is 3.57 Å². The van der Waals surface area contributed by atoms with Crippen molar-refractivity contribution in [3.63, 3.8) is 0 Å². The second-order valence-electron chi connectivity index (χ2n) is 9.83. The highest BCUT2D eigenvalue weighted by Crippen LogP contribution is 2.37. The average molecular weight is 761 g/mol. The summed E-state index contributed by atoms with van der Waals surface area (Å²) in [6.45, 7) is 3.92. The van der Waals surface area contributed by atoms with E-state index in [4.69, 9.17) is 35.3 Å². The van der Waals surface area contributed by atoms with Gasteiger partial charge < -0.3 is 23.7 Å². The molecule has 5 rings (SSSR count). The Labute approximate surface area is 282 Å². The van der Waals surface area contributed by atoms with Crippen LogP contribution in [0.15, 0.2) is 75.7 Å². The molecule has 12 heteroatoms. The van der Waals surface area contributed by atoms with E-state index in [1.807, 2.05) is 36.4 Å². The molecule has 0 radical (unpaired) electrons. The van der Waals surface area contributed by atoms with Crippen LogP contribution in [-0.2, 0) is 16.1 Å². The summed E-state index contributed by atoms with van der Waals surface area (Å²) in [5, 5.41) is 0.617. The molecule has 0 bridgehead atoms. The standard InChI is InChI=1S/C33H30ClIN2O7S/c1-6-43-32(39)28-18(2)36-33-37(29(28)20-11-12-24(40-3)25(16-20)41-4)31(38)27(45-33)15-19-13-23(35)30(26(14-19)42-5)44-17-21-9-7-8-10-22(21)34/h7-16,29H,6,17H2,1-5H3/b27-15-/t29-/m1/s1. The minimum Gasteiger partial charge on any atom is -0.493 e. The number of halogens is 2. The highest BCUT2D eigenvalue weighted by Gasteiger charge is 2.34. The van der Waals surface area contributed by atoms with E-state index >= 15 is 0 Å². The van der Waals surface area contributed by atoms with Crippen LogP contribution in [-0.4, -0.2) is 38.5 Å². The molecule has 9 nitrogen and oxygen atoms in total. The fourth-order valence-electron chi connectivity index (χ4n) is 5.01. The molecule has 1 aliphatic heterocycles. The molecule has 4 aromatic rings. The first-order chi connectivity index (χ1) is 21.7.